The minimum atomic E-state index is -0.725. The summed E-state index contributed by atoms with van der Waals surface area (Å²) in [5.74, 6) is 0.517. The number of carboxylic acid groups (broad SMARTS) is 1. The number of imidazole rings is 1. The zero-order chi connectivity index (χ0) is 13.4. The third kappa shape index (κ3) is 2.33. The molecule has 1 aromatic rings. The van der Waals surface area contributed by atoms with Crippen molar-refractivity contribution in [2.45, 2.75) is 63.3 Å². The van der Waals surface area contributed by atoms with Gasteiger partial charge in [0.05, 0.1) is 11.6 Å². The minimum absolute atomic E-state index is 0.395. The highest BCUT2D eigenvalue weighted by atomic mass is 79.9. The summed E-state index contributed by atoms with van der Waals surface area (Å²) in [6.07, 6.45) is 7.92. The molecular weight excluding hydrogens is 308 g/mol. The number of nitrogens with zero attached hydrogens (tertiary/aromatic N) is 2. The second-order valence-corrected chi connectivity index (χ2v) is 6.42. The van der Waals surface area contributed by atoms with Gasteiger partial charge >= 0.3 is 5.97 Å². The Balaban J connectivity index is 1.99. The van der Waals surface area contributed by atoms with Gasteiger partial charge in [-0.2, -0.15) is 0 Å². The highest BCUT2D eigenvalue weighted by Crippen LogP contribution is 2.39. The molecule has 1 fully saturated rings. The van der Waals surface area contributed by atoms with Gasteiger partial charge in [-0.3, -0.25) is 4.79 Å². The average molecular weight is 327 g/mol. The summed E-state index contributed by atoms with van der Waals surface area (Å²) < 4.78 is 2.93. The van der Waals surface area contributed by atoms with Crippen LogP contribution in [0.15, 0.2) is 4.60 Å². The Bertz CT molecular complexity index is 492. The molecule has 3 rings (SSSR count). The average Bonchev–Trinajstić information content (AvgIpc) is 2.77. The van der Waals surface area contributed by atoms with Crippen LogP contribution in [-0.4, -0.2) is 20.6 Å². The number of hydrogen-bond acceptors (Lipinski definition) is 2. The fraction of sp³-hybridized carbons (Fsp3) is 0.714. The van der Waals surface area contributed by atoms with Gasteiger partial charge in [-0.1, -0.05) is 19.3 Å². The molecule has 2 heterocycles. The smallest absolute Gasteiger partial charge is 0.312 e. The van der Waals surface area contributed by atoms with Crippen LogP contribution < -0.4 is 0 Å². The van der Waals surface area contributed by atoms with E-state index in [9.17, 15) is 9.90 Å². The van der Waals surface area contributed by atoms with Crippen molar-refractivity contribution >= 4 is 21.9 Å². The predicted octanol–water partition coefficient (Wildman–Crippen LogP) is 3.66. The lowest BCUT2D eigenvalue weighted by molar-refractivity contribution is -0.139. The Labute approximate surface area is 121 Å². The zero-order valence-electron chi connectivity index (χ0n) is 10.9. The summed E-state index contributed by atoms with van der Waals surface area (Å²) in [6.45, 7) is 0.920. The predicted molar refractivity (Wildman–Crippen MR) is 75.4 cm³/mol. The molecule has 1 aliphatic carbocycles. The van der Waals surface area contributed by atoms with E-state index < -0.39 is 11.9 Å². The van der Waals surface area contributed by atoms with Crippen molar-refractivity contribution in [3.05, 3.63) is 16.1 Å². The number of fused-ring (bicyclic) bond motifs is 1. The summed E-state index contributed by atoms with van der Waals surface area (Å²) in [7, 11) is 0. The summed E-state index contributed by atoms with van der Waals surface area (Å²) in [6, 6.07) is 0. The summed E-state index contributed by atoms with van der Waals surface area (Å²) in [4.78, 5) is 16.1. The van der Waals surface area contributed by atoms with E-state index in [-0.39, 0.29) is 0 Å². The lowest BCUT2D eigenvalue weighted by Crippen LogP contribution is -2.24. The molecule has 0 aromatic carbocycles. The third-order valence-corrected chi connectivity index (χ3v) is 5.05. The van der Waals surface area contributed by atoms with Crippen LogP contribution in [0.5, 0.6) is 0 Å². The van der Waals surface area contributed by atoms with Crippen LogP contribution in [0, 0.1) is 0 Å². The van der Waals surface area contributed by atoms with Crippen molar-refractivity contribution in [3.8, 4) is 0 Å². The molecule has 1 atom stereocenters. The van der Waals surface area contributed by atoms with Crippen molar-refractivity contribution in [1.82, 2.24) is 9.55 Å². The quantitative estimate of drug-likeness (QED) is 0.902. The number of halogens is 1. The Morgan fingerprint density at radius 1 is 1.21 bits per heavy atom. The largest absolute Gasteiger partial charge is 0.481 e. The Kier molecular flexibility index (Phi) is 3.65. The fourth-order valence-electron chi connectivity index (χ4n) is 3.52. The van der Waals surface area contributed by atoms with Crippen LogP contribution in [0.2, 0.25) is 0 Å². The van der Waals surface area contributed by atoms with Gasteiger partial charge < -0.3 is 9.67 Å². The van der Waals surface area contributed by atoms with Crippen LogP contribution in [-0.2, 0) is 11.3 Å². The van der Waals surface area contributed by atoms with E-state index in [0.29, 0.717) is 5.92 Å². The van der Waals surface area contributed by atoms with E-state index in [1.807, 2.05) is 0 Å². The second-order valence-electron chi connectivity index (χ2n) is 5.67. The maximum absolute atomic E-state index is 11.4. The van der Waals surface area contributed by atoms with Crippen molar-refractivity contribution in [3.63, 3.8) is 0 Å². The number of carboxylic acids is 1. The molecule has 4 nitrogen and oxygen atoms in total. The first-order valence-corrected chi connectivity index (χ1v) is 7.96. The first kappa shape index (κ1) is 13.2. The number of aromatic nitrogens is 2. The van der Waals surface area contributed by atoms with Gasteiger partial charge in [-0.15, -0.1) is 0 Å². The van der Waals surface area contributed by atoms with E-state index in [4.69, 9.17) is 0 Å². The van der Waals surface area contributed by atoms with E-state index in [1.54, 1.807) is 0 Å². The number of rotatable bonds is 2. The summed E-state index contributed by atoms with van der Waals surface area (Å²) in [5.41, 5.74) is 0.888. The topological polar surface area (TPSA) is 55.1 Å². The van der Waals surface area contributed by atoms with E-state index in [2.05, 4.69) is 25.5 Å². The summed E-state index contributed by atoms with van der Waals surface area (Å²) >= 11 is 3.48. The normalized spacial score (nSPS) is 24.2. The molecular formula is C14H19BrN2O2. The molecule has 1 aromatic heterocycles. The van der Waals surface area contributed by atoms with Crippen molar-refractivity contribution in [2.75, 3.05) is 0 Å². The molecule has 0 radical (unpaired) electrons. The van der Waals surface area contributed by atoms with Crippen molar-refractivity contribution in [2.24, 2.45) is 0 Å². The molecule has 19 heavy (non-hydrogen) atoms. The van der Waals surface area contributed by atoms with Crippen LogP contribution in [0.4, 0.5) is 0 Å². The van der Waals surface area contributed by atoms with Gasteiger partial charge in [0.1, 0.15) is 10.4 Å². The van der Waals surface area contributed by atoms with Crippen LogP contribution >= 0.6 is 15.9 Å². The number of hydrogen-bond donors (Lipinski definition) is 1. The van der Waals surface area contributed by atoms with Crippen LogP contribution in [0.1, 0.15) is 68.3 Å². The van der Waals surface area contributed by atoms with E-state index in [1.165, 1.54) is 32.1 Å². The van der Waals surface area contributed by atoms with Crippen molar-refractivity contribution < 1.29 is 9.90 Å². The third-order valence-electron chi connectivity index (χ3n) is 4.46. The Morgan fingerprint density at radius 2 is 1.95 bits per heavy atom. The fourth-order valence-corrected chi connectivity index (χ4v) is 4.20. The zero-order valence-corrected chi connectivity index (χ0v) is 12.5. The standard InChI is InChI=1S/C14H19BrN2O2/c15-12-11-10(14(18)19)7-4-8-17(11)13(16-12)9-5-2-1-3-6-9/h9-10H,1-8H2,(H,18,19). The molecule has 5 heteroatoms. The Hall–Kier alpha value is -0.840. The van der Waals surface area contributed by atoms with Gasteiger partial charge in [-0.05, 0) is 41.6 Å². The molecule has 0 amide bonds. The highest BCUT2D eigenvalue weighted by molar-refractivity contribution is 9.10. The van der Waals surface area contributed by atoms with Crippen molar-refractivity contribution in [1.29, 1.82) is 0 Å². The molecule has 1 saturated carbocycles. The number of aliphatic carboxylic acids is 1. The molecule has 1 N–H and O–H groups in total. The maximum Gasteiger partial charge on any atom is 0.312 e. The minimum Gasteiger partial charge on any atom is -0.481 e. The van der Waals surface area contributed by atoms with Gasteiger partial charge in [-0.25, -0.2) is 4.98 Å². The van der Waals surface area contributed by atoms with Gasteiger partial charge in [0.2, 0.25) is 0 Å². The molecule has 2 aliphatic rings. The van der Waals surface area contributed by atoms with E-state index in [0.717, 1.165) is 35.5 Å². The lowest BCUT2D eigenvalue weighted by Gasteiger charge is -2.26. The number of carbonyl (C=O) groups is 1. The van der Waals surface area contributed by atoms with Gasteiger partial charge in [0.25, 0.3) is 0 Å². The molecule has 0 spiro atoms. The molecule has 1 unspecified atom stereocenters. The lowest BCUT2D eigenvalue weighted by atomic mass is 9.88. The SMILES string of the molecule is O=C(O)C1CCCn2c(C3CCCCC3)nc(Br)c21. The molecule has 0 saturated heterocycles. The monoisotopic (exact) mass is 326 g/mol. The van der Waals surface area contributed by atoms with Crippen LogP contribution in [0.3, 0.4) is 0 Å². The van der Waals surface area contributed by atoms with Gasteiger partial charge in [0.15, 0.2) is 0 Å². The van der Waals surface area contributed by atoms with Crippen LogP contribution in [0.25, 0.3) is 0 Å². The molecule has 0 bridgehead atoms. The van der Waals surface area contributed by atoms with E-state index >= 15 is 0 Å². The first-order valence-electron chi connectivity index (χ1n) is 7.17. The van der Waals surface area contributed by atoms with Gasteiger partial charge in [0, 0.05) is 12.5 Å². The highest BCUT2D eigenvalue weighted by Gasteiger charge is 2.33. The maximum atomic E-state index is 11.4. The Morgan fingerprint density at radius 3 is 2.63 bits per heavy atom. The first-order chi connectivity index (χ1) is 9.18. The molecule has 1 aliphatic heterocycles. The molecule has 104 valence electrons. The second kappa shape index (κ2) is 5.27. The summed E-state index contributed by atoms with van der Waals surface area (Å²) in [5, 5.41) is 9.37.